The number of carbonyl (C=O) groups excluding carboxylic acids is 1. The average molecular weight is 292 g/mol. The topological polar surface area (TPSA) is 59.6 Å². The highest BCUT2D eigenvalue weighted by Gasteiger charge is 2.23. The van der Waals surface area contributed by atoms with Crippen LogP contribution >= 0.6 is 0 Å². The van der Waals surface area contributed by atoms with E-state index in [1.807, 2.05) is 25.1 Å². The summed E-state index contributed by atoms with van der Waals surface area (Å²) in [6.07, 6.45) is 2.97. The molecule has 1 saturated heterocycles. The first kappa shape index (κ1) is 15.6. The zero-order valence-corrected chi connectivity index (χ0v) is 12.9. The first-order valence-corrected chi connectivity index (χ1v) is 7.41. The van der Waals surface area contributed by atoms with Crippen molar-refractivity contribution >= 4 is 5.91 Å². The third-order valence-electron chi connectivity index (χ3n) is 3.89. The van der Waals surface area contributed by atoms with E-state index in [-0.39, 0.29) is 18.0 Å². The molecule has 1 aromatic rings. The van der Waals surface area contributed by atoms with Crippen molar-refractivity contribution in [3.8, 4) is 11.5 Å². The average Bonchev–Trinajstić information content (AvgIpc) is 2.71. The molecule has 0 aromatic heterocycles. The second-order valence-corrected chi connectivity index (χ2v) is 5.34. The Balaban J connectivity index is 2.11. The SMILES string of the molecule is COc1ccc(C(C)NC2CCCCNC2=O)c(OC)c1. The first-order valence-electron chi connectivity index (χ1n) is 7.41. The maximum absolute atomic E-state index is 12.0. The number of methoxy groups -OCH3 is 2. The van der Waals surface area contributed by atoms with Crippen LogP contribution in [-0.2, 0) is 4.79 Å². The van der Waals surface area contributed by atoms with Crippen LogP contribution < -0.4 is 20.1 Å². The fourth-order valence-electron chi connectivity index (χ4n) is 2.67. The van der Waals surface area contributed by atoms with Gasteiger partial charge in [-0.15, -0.1) is 0 Å². The summed E-state index contributed by atoms with van der Waals surface area (Å²) in [5, 5.41) is 6.35. The van der Waals surface area contributed by atoms with Crippen LogP contribution in [0.25, 0.3) is 0 Å². The van der Waals surface area contributed by atoms with E-state index in [2.05, 4.69) is 10.6 Å². The van der Waals surface area contributed by atoms with Crippen LogP contribution in [0.15, 0.2) is 18.2 Å². The molecule has 0 bridgehead atoms. The van der Waals surface area contributed by atoms with Crippen molar-refractivity contribution in [1.29, 1.82) is 0 Å². The Kier molecular flexibility index (Phi) is 5.44. The van der Waals surface area contributed by atoms with Crippen molar-refractivity contribution in [2.24, 2.45) is 0 Å². The number of ether oxygens (including phenoxy) is 2. The van der Waals surface area contributed by atoms with Gasteiger partial charge in [-0.25, -0.2) is 0 Å². The molecule has 21 heavy (non-hydrogen) atoms. The predicted octanol–water partition coefficient (Wildman–Crippen LogP) is 2.02. The van der Waals surface area contributed by atoms with Crippen molar-refractivity contribution in [2.75, 3.05) is 20.8 Å². The molecule has 0 spiro atoms. The van der Waals surface area contributed by atoms with Crippen LogP contribution in [0.5, 0.6) is 11.5 Å². The van der Waals surface area contributed by atoms with Gasteiger partial charge in [-0.05, 0) is 32.3 Å². The van der Waals surface area contributed by atoms with E-state index in [0.29, 0.717) is 0 Å². The van der Waals surface area contributed by atoms with Gasteiger partial charge in [0.05, 0.1) is 20.3 Å². The summed E-state index contributed by atoms with van der Waals surface area (Å²) in [6, 6.07) is 5.63. The van der Waals surface area contributed by atoms with Gasteiger partial charge in [-0.2, -0.15) is 0 Å². The lowest BCUT2D eigenvalue weighted by atomic mass is 10.0. The maximum atomic E-state index is 12.0. The van der Waals surface area contributed by atoms with E-state index in [9.17, 15) is 4.79 Å². The van der Waals surface area contributed by atoms with Crippen molar-refractivity contribution < 1.29 is 14.3 Å². The molecule has 0 saturated carbocycles. The number of nitrogens with one attached hydrogen (secondary N) is 2. The molecule has 0 aliphatic carbocycles. The van der Waals surface area contributed by atoms with Gasteiger partial charge >= 0.3 is 0 Å². The van der Waals surface area contributed by atoms with Crippen LogP contribution in [0.2, 0.25) is 0 Å². The summed E-state index contributed by atoms with van der Waals surface area (Å²) in [7, 11) is 3.27. The second kappa shape index (κ2) is 7.31. The van der Waals surface area contributed by atoms with Crippen molar-refractivity contribution in [3.05, 3.63) is 23.8 Å². The monoisotopic (exact) mass is 292 g/mol. The number of hydrogen-bond donors (Lipinski definition) is 2. The molecule has 5 nitrogen and oxygen atoms in total. The molecule has 1 fully saturated rings. The molecular weight excluding hydrogens is 268 g/mol. The molecule has 2 atom stereocenters. The molecule has 2 N–H and O–H groups in total. The van der Waals surface area contributed by atoms with Crippen LogP contribution in [0.4, 0.5) is 0 Å². The number of amides is 1. The largest absolute Gasteiger partial charge is 0.497 e. The number of rotatable bonds is 5. The van der Waals surface area contributed by atoms with Gasteiger partial charge in [-0.3, -0.25) is 10.1 Å². The fraction of sp³-hybridized carbons (Fsp3) is 0.562. The Morgan fingerprint density at radius 3 is 2.81 bits per heavy atom. The van der Waals surface area contributed by atoms with Gasteiger partial charge in [0.1, 0.15) is 11.5 Å². The van der Waals surface area contributed by atoms with E-state index >= 15 is 0 Å². The molecule has 1 aliphatic rings. The summed E-state index contributed by atoms with van der Waals surface area (Å²) in [5.74, 6) is 1.62. The molecule has 116 valence electrons. The van der Waals surface area contributed by atoms with E-state index in [1.54, 1.807) is 14.2 Å². The lowest BCUT2D eigenvalue weighted by Gasteiger charge is -2.23. The van der Waals surface area contributed by atoms with E-state index in [1.165, 1.54) is 0 Å². The third kappa shape index (κ3) is 3.88. The van der Waals surface area contributed by atoms with Gasteiger partial charge in [-0.1, -0.05) is 6.07 Å². The molecule has 1 heterocycles. The summed E-state index contributed by atoms with van der Waals surface area (Å²) < 4.78 is 10.6. The number of carbonyl (C=O) groups is 1. The minimum absolute atomic E-state index is 0.0275. The summed E-state index contributed by atoms with van der Waals surface area (Å²) >= 11 is 0. The normalized spacial score (nSPS) is 20.3. The minimum Gasteiger partial charge on any atom is -0.497 e. The second-order valence-electron chi connectivity index (χ2n) is 5.34. The Bertz CT molecular complexity index is 490. The molecule has 1 amide bonds. The zero-order valence-electron chi connectivity index (χ0n) is 12.9. The van der Waals surface area contributed by atoms with E-state index in [4.69, 9.17) is 9.47 Å². The number of benzene rings is 1. The van der Waals surface area contributed by atoms with E-state index in [0.717, 1.165) is 42.9 Å². The fourth-order valence-corrected chi connectivity index (χ4v) is 2.67. The van der Waals surface area contributed by atoms with Gasteiger partial charge in [0.25, 0.3) is 0 Å². The molecule has 1 aliphatic heterocycles. The summed E-state index contributed by atoms with van der Waals surface area (Å²) in [5.41, 5.74) is 1.02. The summed E-state index contributed by atoms with van der Waals surface area (Å²) in [4.78, 5) is 12.0. The molecule has 2 unspecified atom stereocenters. The Hall–Kier alpha value is -1.75. The van der Waals surface area contributed by atoms with Gasteiger partial charge in [0.15, 0.2) is 0 Å². The predicted molar refractivity (Wildman–Crippen MR) is 81.7 cm³/mol. The summed E-state index contributed by atoms with van der Waals surface area (Å²) in [6.45, 7) is 2.82. The van der Waals surface area contributed by atoms with E-state index < -0.39 is 0 Å². The quantitative estimate of drug-likeness (QED) is 0.872. The highest BCUT2D eigenvalue weighted by Crippen LogP contribution is 2.29. The van der Waals surface area contributed by atoms with Crippen LogP contribution in [0, 0.1) is 0 Å². The van der Waals surface area contributed by atoms with Crippen molar-refractivity contribution in [2.45, 2.75) is 38.3 Å². The maximum Gasteiger partial charge on any atom is 0.237 e. The molecule has 1 aromatic carbocycles. The molecular formula is C16H24N2O3. The van der Waals surface area contributed by atoms with Crippen LogP contribution in [-0.4, -0.2) is 32.7 Å². The number of hydrogen-bond acceptors (Lipinski definition) is 4. The van der Waals surface area contributed by atoms with Gasteiger partial charge in [0.2, 0.25) is 5.91 Å². The molecule has 5 heteroatoms. The highest BCUT2D eigenvalue weighted by molar-refractivity contribution is 5.82. The smallest absolute Gasteiger partial charge is 0.237 e. The standard InChI is InChI=1S/C16H24N2O3/c1-11(18-14-6-4-5-9-17-16(14)19)13-8-7-12(20-2)10-15(13)21-3/h7-8,10-11,14,18H,4-6,9H2,1-3H3,(H,17,19). The zero-order chi connectivity index (χ0) is 15.2. The minimum atomic E-state index is -0.144. The molecule has 0 radical (unpaired) electrons. The molecule has 2 rings (SSSR count). The first-order chi connectivity index (χ1) is 10.2. The Morgan fingerprint density at radius 1 is 1.29 bits per heavy atom. The highest BCUT2D eigenvalue weighted by atomic mass is 16.5. The third-order valence-corrected chi connectivity index (χ3v) is 3.89. The Morgan fingerprint density at radius 2 is 2.10 bits per heavy atom. The van der Waals surface area contributed by atoms with Gasteiger partial charge < -0.3 is 14.8 Å². The lowest BCUT2D eigenvalue weighted by molar-refractivity contribution is -0.123. The Labute approximate surface area is 126 Å². The van der Waals surface area contributed by atoms with Crippen LogP contribution in [0.3, 0.4) is 0 Å². The lowest BCUT2D eigenvalue weighted by Crippen LogP contribution is -2.43. The van der Waals surface area contributed by atoms with Crippen molar-refractivity contribution in [1.82, 2.24) is 10.6 Å². The van der Waals surface area contributed by atoms with Crippen molar-refractivity contribution in [3.63, 3.8) is 0 Å². The van der Waals surface area contributed by atoms with Gasteiger partial charge in [0, 0.05) is 24.2 Å². The van der Waals surface area contributed by atoms with Crippen LogP contribution in [0.1, 0.15) is 37.8 Å².